The van der Waals surface area contributed by atoms with Gasteiger partial charge < -0.3 is 53.6 Å². The molecule has 2 aliphatic rings. The first-order valence-electron chi connectivity index (χ1n) is 13.5. The van der Waals surface area contributed by atoms with Crippen LogP contribution in [0.4, 0.5) is 0 Å². The lowest BCUT2D eigenvalue weighted by Crippen LogP contribution is -2.29. The highest BCUT2D eigenvalue weighted by atomic mass is 16.5. The van der Waals surface area contributed by atoms with Gasteiger partial charge in [-0.25, -0.2) is 0 Å². The van der Waals surface area contributed by atoms with Gasteiger partial charge >= 0.3 is 0 Å². The fourth-order valence-electron chi connectivity index (χ4n) is 5.73. The second-order valence-corrected chi connectivity index (χ2v) is 10.2. The summed E-state index contributed by atoms with van der Waals surface area (Å²) >= 11 is 0. The highest BCUT2D eigenvalue weighted by molar-refractivity contribution is 5.53. The second-order valence-electron chi connectivity index (χ2n) is 10.2. The predicted octanol–water partition coefficient (Wildman–Crippen LogP) is 3.68. The predicted molar refractivity (Wildman–Crippen MR) is 150 cm³/mol. The number of benzene rings is 3. The van der Waals surface area contributed by atoms with Crippen LogP contribution in [0, 0.1) is 11.8 Å². The maximum Gasteiger partial charge on any atom is 0.200 e. The topological polar surface area (TPSA) is 146 Å². The van der Waals surface area contributed by atoms with Crippen molar-refractivity contribution in [2.45, 2.75) is 24.4 Å². The minimum atomic E-state index is -1.28. The average molecular weight is 585 g/mol. The van der Waals surface area contributed by atoms with Gasteiger partial charge in [0.2, 0.25) is 5.75 Å². The summed E-state index contributed by atoms with van der Waals surface area (Å²) < 4.78 is 39.7. The summed E-state index contributed by atoms with van der Waals surface area (Å²) in [6.07, 6.45) is -2.78. The number of fused-ring (bicyclic) bond motifs is 1. The van der Waals surface area contributed by atoms with Gasteiger partial charge in [0.25, 0.3) is 0 Å². The Bertz CT molecular complexity index is 1370. The molecule has 0 saturated carbocycles. The van der Waals surface area contributed by atoms with Gasteiger partial charge in [0.15, 0.2) is 40.6 Å². The SMILES string of the molecule is COc1cc([C@@H]2OC[C@@H]3[C@H]2CO[C@H]3c2ccc(OC(CO)C(O)c3cc(OC)c(O)c(OC)c3)c(OC)c2)ccc1O. The van der Waals surface area contributed by atoms with Crippen LogP contribution in [0.25, 0.3) is 0 Å². The number of aromatic hydroxyl groups is 2. The molecule has 226 valence electrons. The van der Waals surface area contributed by atoms with E-state index in [9.17, 15) is 20.4 Å². The van der Waals surface area contributed by atoms with E-state index in [-0.39, 0.29) is 47.0 Å². The molecule has 0 bridgehead atoms. The Labute approximate surface area is 243 Å². The number of methoxy groups -OCH3 is 4. The zero-order valence-corrected chi connectivity index (χ0v) is 23.9. The van der Waals surface area contributed by atoms with Crippen molar-refractivity contribution in [2.24, 2.45) is 11.8 Å². The third kappa shape index (κ3) is 5.48. The van der Waals surface area contributed by atoms with E-state index >= 15 is 0 Å². The van der Waals surface area contributed by atoms with Crippen molar-refractivity contribution < 1.29 is 53.6 Å². The van der Waals surface area contributed by atoms with E-state index in [4.69, 9.17) is 33.2 Å². The van der Waals surface area contributed by atoms with Gasteiger partial charge in [0.1, 0.15) is 6.10 Å². The molecule has 11 nitrogen and oxygen atoms in total. The van der Waals surface area contributed by atoms with E-state index in [1.54, 1.807) is 18.2 Å². The molecular weight excluding hydrogens is 548 g/mol. The second kappa shape index (κ2) is 12.5. The maximum absolute atomic E-state index is 11.1. The highest BCUT2D eigenvalue weighted by Gasteiger charge is 2.48. The molecule has 2 heterocycles. The molecule has 2 saturated heterocycles. The zero-order valence-electron chi connectivity index (χ0n) is 23.9. The van der Waals surface area contributed by atoms with Gasteiger partial charge in [-0.2, -0.15) is 0 Å². The van der Waals surface area contributed by atoms with Crippen LogP contribution in [0.3, 0.4) is 0 Å². The van der Waals surface area contributed by atoms with E-state index in [0.29, 0.717) is 36.0 Å². The Hall–Kier alpha value is -3.90. The molecule has 11 heteroatoms. The summed E-state index contributed by atoms with van der Waals surface area (Å²) in [5, 5.41) is 41.3. The minimum absolute atomic E-state index is 0.0734. The van der Waals surface area contributed by atoms with Crippen molar-refractivity contribution >= 4 is 0 Å². The first kappa shape index (κ1) is 29.6. The summed E-state index contributed by atoms with van der Waals surface area (Å²) in [7, 11) is 5.79. The van der Waals surface area contributed by atoms with Crippen molar-refractivity contribution in [3.05, 3.63) is 65.2 Å². The van der Waals surface area contributed by atoms with Gasteiger partial charge in [-0.1, -0.05) is 12.1 Å². The number of rotatable bonds is 11. The van der Waals surface area contributed by atoms with Crippen LogP contribution in [-0.2, 0) is 9.47 Å². The van der Waals surface area contributed by atoms with Crippen molar-refractivity contribution in [1.29, 1.82) is 0 Å². The number of phenols is 2. The van der Waals surface area contributed by atoms with E-state index in [2.05, 4.69) is 0 Å². The molecule has 0 aliphatic carbocycles. The largest absolute Gasteiger partial charge is 0.504 e. The fraction of sp³-hybridized carbons (Fsp3) is 0.419. The molecule has 2 fully saturated rings. The van der Waals surface area contributed by atoms with E-state index in [1.165, 1.54) is 40.6 Å². The lowest BCUT2D eigenvalue weighted by atomic mass is 9.85. The van der Waals surface area contributed by atoms with Crippen LogP contribution in [0.1, 0.15) is 35.0 Å². The number of phenolic OH excluding ortho intramolecular Hbond substituents is 2. The normalized spacial score (nSPS) is 22.7. The average Bonchev–Trinajstić information content (AvgIpc) is 3.63. The Morgan fingerprint density at radius 3 is 1.76 bits per heavy atom. The van der Waals surface area contributed by atoms with Crippen molar-refractivity contribution in [2.75, 3.05) is 48.3 Å². The molecule has 0 amide bonds. The van der Waals surface area contributed by atoms with Crippen LogP contribution >= 0.6 is 0 Å². The number of aliphatic hydroxyl groups excluding tert-OH is 2. The van der Waals surface area contributed by atoms with E-state index in [1.807, 2.05) is 18.2 Å². The molecule has 5 rings (SSSR count). The number of hydrogen-bond acceptors (Lipinski definition) is 11. The summed E-state index contributed by atoms with van der Waals surface area (Å²) in [5.74, 6) is 1.42. The lowest BCUT2D eigenvalue weighted by Gasteiger charge is -2.25. The molecule has 2 aliphatic heterocycles. The van der Waals surface area contributed by atoms with Crippen LogP contribution in [0.2, 0.25) is 0 Å². The van der Waals surface area contributed by atoms with E-state index in [0.717, 1.165) is 11.1 Å². The maximum atomic E-state index is 11.1. The summed E-state index contributed by atoms with van der Waals surface area (Å²) in [6, 6.07) is 13.6. The lowest BCUT2D eigenvalue weighted by molar-refractivity contribution is -0.000791. The zero-order chi connectivity index (χ0) is 30.0. The molecule has 2 unspecified atom stereocenters. The Morgan fingerprint density at radius 2 is 1.24 bits per heavy atom. The third-order valence-corrected chi connectivity index (χ3v) is 7.97. The molecule has 3 aromatic rings. The van der Waals surface area contributed by atoms with Crippen molar-refractivity contribution in [1.82, 2.24) is 0 Å². The third-order valence-electron chi connectivity index (χ3n) is 7.97. The summed E-state index contributed by atoms with van der Waals surface area (Å²) in [4.78, 5) is 0. The number of hydrogen-bond donors (Lipinski definition) is 4. The molecule has 42 heavy (non-hydrogen) atoms. The first-order valence-corrected chi connectivity index (χ1v) is 13.5. The molecule has 0 spiro atoms. The van der Waals surface area contributed by atoms with Crippen molar-refractivity contribution in [3.63, 3.8) is 0 Å². The Balaban J connectivity index is 1.33. The standard InChI is InChI=1S/C31H36O11/c1-36-23-9-16(5-7-21(23)33)30-19-14-41-31(20(19)15-40-30)17-6-8-22(24(10-17)37-2)42-27(13-32)28(34)18-11-25(38-3)29(35)26(12-18)39-4/h5-12,19-20,27-28,30-35H,13-15H2,1-4H3/t19-,20-,27?,28?,30+,31+/m1/s1. The minimum Gasteiger partial charge on any atom is -0.504 e. The van der Waals surface area contributed by atoms with Crippen LogP contribution in [0.5, 0.6) is 40.2 Å². The monoisotopic (exact) mass is 584 g/mol. The molecule has 0 aromatic heterocycles. The van der Waals surface area contributed by atoms with Crippen LogP contribution in [-0.4, -0.2) is 74.8 Å². The summed E-state index contributed by atoms with van der Waals surface area (Å²) in [6.45, 7) is 0.498. The smallest absolute Gasteiger partial charge is 0.200 e. The Morgan fingerprint density at radius 1 is 0.714 bits per heavy atom. The molecule has 0 radical (unpaired) electrons. The van der Waals surface area contributed by atoms with E-state index < -0.39 is 18.8 Å². The molecular formula is C31H36O11. The van der Waals surface area contributed by atoms with Crippen LogP contribution in [0.15, 0.2) is 48.5 Å². The van der Waals surface area contributed by atoms with Gasteiger partial charge in [-0.3, -0.25) is 0 Å². The Kier molecular flexibility index (Phi) is 8.83. The first-order chi connectivity index (χ1) is 20.3. The van der Waals surface area contributed by atoms with Gasteiger partial charge in [0, 0.05) is 11.8 Å². The van der Waals surface area contributed by atoms with Crippen molar-refractivity contribution in [3.8, 4) is 40.2 Å². The number of ether oxygens (including phenoxy) is 7. The fourth-order valence-corrected chi connectivity index (χ4v) is 5.73. The molecule has 6 atom stereocenters. The molecule has 4 N–H and O–H groups in total. The van der Waals surface area contributed by atoms with Crippen LogP contribution < -0.4 is 23.7 Å². The van der Waals surface area contributed by atoms with Gasteiger partial charge in [-0.05, 0) is 53.1 Å². The highest BCUT2D eigenvalue weighted by Crippen LogP contribution is 2.51. The summed E-state index contributed by atoms with van der Waals surface area (Å²) in [5.41, 5.74) is 2.12. The van der Waals surface area contributed by atoms with Gasteiger partial charge in [0.05, 0.1) is 60.5 Å². The quantitative estimate of drug-likeness (QED) is 0.262. The molecule has 3 aromatic carbocycles. The van der Waals surface area contributed by atoms with Gasteiger partial charge in [-0.15, -0.1) is 0 Å². The number of aliphatic hydroxyl groups is 2.